The number of amides is 1. The summed E-state index contributed by atoms with van der Waals surface area (Å²) < 4.78 is 3.55. The van der Waals surface area contributed by atoms with Crippen LogP contribution in [0.3, 0.4) is 0 Å². The molecule has 1 aliphatic heterocycles. The van der Waals surface area contributed by atoms with E-state index in [2.05, 4.69) is 41.4 Å². The van der Waals surface area contributed by atoms with Gasteiger partial charge in [-0.3, -0.25) is 14.6 Å². The third-order valence-corrected chi connectivity index (χ3v) is 6.71. The van der Waals surface area contributed by atoms with E-state index in [4.69, 9.17) is 4.98 Å². The number of fused-ring (bicyclic) bond motifs is 2. The van der Waals surface area contributed by atoms with Gasteiger partial charge in [-0.05, 0) is 63.1 Å². The van der Waals surface area contributed by atoms with Crippen LogP contribution in [0.1, 0.15) is 71.3 Å². The number of hydrogen-bond acceptors (Lipinski definition) is 6. The quantitative estimate of drug-likeness (QED) is 0.428. The average molecular weight is 500 g/mol. The van der Waals surface area contributed by atoms with E-state index in [0.717, 1.165) is 28.2 Å². The molecule has 5 rings (SSSR count). The lowest BCUT2D eigenvalue weighted by molar-refractivity contribution is -0.122. The van der Waals surface area contributed by atoms with E-state index >= 15 is 0 Å². The SMILES string of the molecule is CC(C)n1c(=O)c2cnc(Nc3ccc4c(c3)CC(=O)NC4(C)C)nc2n1-c1ccnc(C(C)(C)C)c1. The highest BCUT2D eigenvalue weighted by molar-refractivity contribution is 5.83. The van der Waals surface area contributed by atoms with E-state index in [-0.39, 0.29) is 22.9 Å². The molecule has 0 radical (unpaired) electrons. The molecular formula is C28H33N7O2. The van der Waals surface area contributed by atoms with Crippen molar-refractivity contribution in [3.05, 3.63) is 69.9 Å². The average Bonchev–Trinajstić information content (AvgIpc) is 3.09. The first-order valence-electron chi connectivity index (χ1n) is 12.5. The van der Waals surface area contributed by atoms with Gasteiger partial charge in [0.15, 0.2) is 5.65 Å². The van der Waals surface area contributed by atoms with E-state index < -0.39 is 5.54 Å². The second-order valence-corrected chi connectivity index (χ2v) is 11.5. The summed E-state index contributed by atoms with van der Waals surface area (Å²) in [5.74, 6) is 0.366. The number of aromatic nitrogens is 5. The number of pyridine rings is 1. The summed E-state index contributed by atoms with van der Waals surface area (Å²) in [5.41, 5.74) is 4.36. The number of rotatable bonds is 4. The fourth-order valence-electron chi connectivity index (χ4n) is 4.92. The van der Waals surface area contributed by atoms with Crippen LogP contribution in [-0.4, -0.2) is 30.2 Å². The molecule has 1 aromatic carbocycles. The Kier molecular flexibility index (Phi) is 5.69. The zero-order valence-electron chi connectivity index (χ0n) is 22.4. The second-order valence-electron chi connectivity index (χ2n) is 11.5. The van der Waals surface area contributed by atoms with E-state index in [0.29, 0.717) is 23.4 Å². The lowest BCUT2D eigenvalue weighted by Crippen LogP contribution is -2.46. The summed E-state index contributed by atoms with van der Waals surface area (Å²) in [6, 6.07) is 9.73. The Labute approximate surface area is 215 Å². The number of nitrogens with zero attached hydrogens (tertiary/aromatic N) is 5. The van der Waals surface area contributed by atoms with Gasteiger partial charge in [-0.25, -0.2) is 14.3 Å². The standard InChI is InChI=1S/C28H33N7O2/c1-16(2)34-25(37)20-15-30-26(31-18-8-9-21-17(12-18)13-23(36)33-28(21,6)7)32-24(20)35(34)19-10-11-29-22(14-19)27(3,4)5/h8-12,14-16H,13H2,1-7H3,(H,33,36)(H,30,31,32). The van der Waals surface area contributed by atoms with Crippen molar-refractivity contribution in [1.29, 1.82) is 0 Å². The van der Waals surface area contributed by atoms with Gasteiger partial charge < -0.3 is 10.6 Å². The number of hydrogen-bond donors (Lipinski definition) is 2. The molecule has 37 heavy (non-hydrogen) atoms. The number of anilines is 2. The minimum absolute atomic E-state index is 0.00154. The molecule has 4 aromatic rings. The van der Waals surface area contributed by atoms with Gasteiger partial charge in [-0.15, -0.1) is 0 Å². The first-order chi connectivity index (χ1) is 17.3. The largest absolute Gasteiger partial charge is 0.347 e. The lowest BCUT2D eigenvalue weighted by atomic mass is 9.85. The van der Waals surface area contributed by atoms with Crippen LogP contribution in [-0.2, 0) is 22.2 Å². The molecule has 0 fully saturated rings. The minimum Gasteiger partial charge on any atom is -0.347 e. The Morgan fingerprint density at radius 1 is 1.08 bits per heavy atom. The van der Waals surface area contributed by atoms with Gasteiger partial charge in [0, 0.05) is 35.2 Å². The Balaban J connectivity index is 1.61. The summed E-state index contributed by atoms with van der Waals surface area (Å²) in [6.07, 6.45) is 3.66. The van der Waals surface area contributed by atoms with Crippen molar-refractivity contribution >= 4 is 28.6 Å². The first kappa shape index (κ1) is 24.7. The van der Waals surface area contributed by atoms with Gasteiger partial charge in [-0.2, -0.15) is 4.98 Å². The third-order valence-electron chi connectivity index (χ3n) is 6.71. The Morgan fingerprint density at radius 3 is 2.54 bits per heavy atom. The van der Waals surface area contributed by atoms with Gasteiger partial charge in [0.1, 0.15) is 5.39 Å². The lowest BCUT2D eigenvalue weighted by Gasteiger charge is -2.33. The molecule has 2 N–H and O–H groups in total. The highest BCUT2D eigenvalue weighted by Gasteiger charge is 2.31. The Bertz CT molecular complexity index is 1590. The Hall–Kier alpha value is -4.01. The molecule has 0 bridgehead atoms. The zero-order valence-corrected chi connectivity index (χ0v) is 22.4. The molecule has 0 spiro atoms. The maximum Gasteiger partial charge on any atom is 0.278 e. The van der Waals surface area contributed by atoms with E-state index in [9.17, 15) is 9.59 Å². The molecule has 0 unspecified atom stereocenters. The van der Waals surface area contributed by atoms with Gasteiger partial charge in [0.25, 0.3) is 5.56 Å². The van der Waals surface area contributed by atoms with E-state index in [1.54, 1.807) is 17.1 Å². The molecule has 3 aromatic heterocycles. The minimum atomic E-state index is -0.426. The van der Waals surface area contributed by atoms with Crippen molar-refractivity contribution in [3.8, 4) is 5.69 Å². The van der Waals surface area contributed by atoms with E-state index in [1.807, 2.05) is 62.7 Å². The van der Waals surface area contributed by atoms with E-state index in [1.165, 1.54) is 0 Å². The highest BCUT2D eigenvalue weighted by Crippen LogP contribution is 2.31. The summed E-state index contributed by atoms with van der Waals surface area (Å²) in [4.78, 5) is 39.3. The van der Waals surface area contributed by atoms with Crippen LogP contribution < -0.4 is 16.2 Å². The number of benzene rings is 1. The van der Waals surface area contributed by atoms with Gasteiger partial charge >= 0.3 is 0 Å². The molecule has 1 amide bonds. The van der Waals surface area contributed by atoms with Crippen LogP contribution in [0.15, 0.2) is 47.5 Å². The van der Waals surface area contributed by atoms with Crippen LogP contribution in [0.2, 0.25) is 0 Å². The molecule has 0 saturated carbocycles. The zero-order chi connectivity index (χ0) is 26.7. The van der Waals surface area contributed by atoms with Crippen molar-refractivity contribution in [2.24, 2.45) is 0 Å². The topological polar surface area (TPSA) is 107 Å². The summed E-state index contributed by atoms with van der Waals surface area (Å²) in [7, 11) is 0. The van der Waals surface area contributed by atoms with Crippen molar-refractivity contribution in [3.63, 3.8) is 0 Å². The van der Waals surface area contributed by atoms with Crippen molar-refractivity contribution in [1.82, 2.24) is 29.6 Å². The maximum atomic E-state index is 13.4. The molecule has 9 heteroatoms. The fourth-order valence-corrected chi connectivity index (χ4v) is 4.92. The van der Waals surface area contributed by atoms with Gasteiger partial charge in [0.2, 0.25) is 11.9 Å². The molecule has 0 aliphatic carbocycles. The highest BCUT2D eigenvalue weighted by atomic mass is 16.2. The van der Waals surface area contributed by atoms with Crippen molar-refractivity contribution < 1.29 is 4.79 Å². The molecule has 9 nitrogen and oxygen atoms in total. The van der Waals surface area contributed by atoms with Crippen LogP contribution in [0.25, 0.3) is 16.7 Å². The third kappa shape index (κ3) is 4.39. The molecule has 192 valence electrons. The van der Waals surface area contributed by atoms with Crippen LogP contribution >= 0.6 is 0 Å². The van der Waals surface area contributed by atoms with Crippen LogP contribution in [0.4, 0.5) is 11.6 Å². The van der Waals surface area contributed by atoms with Gasteiger partial charge in [-0.1, -0.05) is 26.8 Å². The predicted octanol–water partition coefficient (Wildman–Crippen LogP) is 4.51. The van der Waals surface area contributed by atoms with Crippen LogP contribution in [0.5, 0.6) is 0 Å². The van der Waals surface area contributed by atoms with Crippen molar-refractivity contribution in [2.75, 3.05) is 5.32 Å². The monoisotopic (exact) mass is 499 g/mol. The van der Waals surface area contributed by atoms with Crippen LogP contribution in [0, 0.1) is 0 Å². The number of nitrogens with one attached hydrogen (secondary N) is 2. The summed E-state index contributed by atoms with van der Waals surface area (Å²) >= 11 is 0. The smallest absolute Gasteiger partial charge is 0.278 e. The normalized spacial score (nSPS) is 15.1. The molecular weight excluding hydrogens is 466 g/mol. The predicted molar refractivity (Wildman–Crippen MR) is 145 cm³/mol. The maximum absolute atomic E-state index is 13.4. The summed E-state index contributed by atoms with van der Waals surface area (Å²) in [5, 5.41) is 6.74. The summed E-state index contributed by atoms with van der Waals surface area (Å²) in [6.45, 7) is 14.3. The van der Waals surface area contributed by atoms with Gasteiger partial charge in [0.05, 0.1) is 17.6 Å². The van der Waals surface area contributed by atoms with Crippen molar-refractivity contribution in [2.45, 2.75) is 71.9 Å². The fraction of sp³-hybridized carbons (Fsp3) is 0.393. The molecule has 4 heterocycles. The number of carbonyl (C=O) groups excluding carboxylic acids is 1. The number of carbonyl (C=O) groups is 1. The molecule has 0 saturated heterocycles. The molecule has 1 aliphatic rings. The second kappa shape index (κ2) is 8.54. The first-order valence-corrected chi connectivity index (χ1v) is 12.5. The molecule has 0 atom stereocenters. The Morgan fingerprint density at radius 2 is 1.84 bits per heavy atom.